The molecule has 0 saturated heterocycles. The van der Waals surface area contributed by atoms with Crippen LogP contribution in [0.2, 0.25) is 0 Å². The van der Waals surface area contributed by atoms with Crippen LogP contribution >= 0.6 is 0 Å². The molecule has 0 heterocycles. The van der Waals surface area contributed by atoms with Crippen molar-refractivity contribution in [1.29, 1.82) is 0 Å². The summed E-state index contributed by atoms with van der Waals surface area (Å²) in [6, 6.07) is 12.9. The molecule has 0 aliphatic rings. The minimum Gasteiger partial charge on any atom is -0.493 e. The second kappa shape index (κ2) is 6.92. The zero-order chi connectivity index (χ0) is 15.2. The molecule has 0 fully saturated rings. The first-order valence-electron chi connectivity index (χ1n) is 6.51. The summed E-state index contributed by atoms with van der Waals surface area (Å²) in [4.78, 5) is 0. The number of ether oxygens (including phenoxy) is 2. The molecule has 0 aliphatic carbocycles. The van der Waals surface area contributed by atoms with Crippen molar-refractivity contribution in [3.63, 3.8) is 0 Å². The fraction of sp³-hybridized carbons (Fsp3) is 0.250. The summed E-state index contributed by atoms with van der Waals surface area (Å²) in [5, 5.41) is 3.16. The highest BCUT2D eigenvalue weighted by molar-refractivity contribution is 5.55. The minimum atomic E-state index is -2.88. The van der Waals surface area contributed by atoms with Crippen LogP contribution in [-0.2, 0) is 6.54 Å². The number of hydrogen-bond acceptors (Lipinski definition) is 3. The van der Waals surface area contributed by atoms with Gasteiger partial charge in [0.2, 0.25) is 0 Å². The lowest BCUT2D eigenvalue weighted by atomic mass is 10.1. The van der Waals surface area contributed by atoms with Gasteiger partial charge in [0.05, 0.1) is 7.11 Å². The summed E-state index contributed by atoms with van der Waals surface area (Å²) in [6.45, 7) is -0.263. The molecule has 1 N–H and O–H groups in total. The predicted molar refractivity (Wildman–Crippen MR) is 78.1 cm³/mol. The maximum atomic E-state index is 12.4. The first kappa shape index (κ1) is 15.1. The molecule has 0 unspecified atom stereocenters. The normalized spacial score (nSPS) is 10.5. The number of rotatable bonds is 6. The number of halogens is 2. The van der Waals surface area contributed by atoms with Gasteiger partial charge in [-0.05, 0) is 24.6 Å². The van der Waals surface area contributed by atoms with Gasteiger partial charge in [-0.25, -0.2) is 0 Å². The average molecular weight is 293 g/mol. The maximum Gasteiger partial charge on any atom is 0.387 e. The standard InChI is InChI=1S/C16H17F2NO2/c1-11-3-5-12(6-4-11)10-19-13-7-8-14(20-2)15(9-13)21-16(17)18/h3-9,16,19H,10H2,1-2H3. The van der Waals surface area contributed by atoms with Crippen molar-refractivity contribution in [2.75, 3.05) is 12.4 Å². The van der Waals surface area contributed by atoms with Crippen LogP contribution in [0.25, 0.3) is 0 Å². The van der Waals surface area contributed by atoms with E-state index in [1.165, 1.54) is 18.7 Å². The van der Waals surface area contributed by atoms with Gasteiger partial charge in [0.1, 0.15) is 0 Å². The number of methoxy groups -OCH3 is 1. The lowest BCUT2D eigenvalue weighted by Crippen LogP contribution is -2.05. The second-order valence-corrected chi connectivity index (χ2v) is 4.58. The first-order valence-corrected chi connectivity index (χ1v) is 6.51. The van der Waals surface area contributed by atoms with Crippen molar-refractivity contribution in [1.82, 2.24) is 0 Å². The molecule has 5 heteroatoms. The Balaban J connectivity index is 2.07. The third-order valence-corrected chi connectivity index (χ3v) is 3.00. The molecule has 0 atom stereocenters. The summed E-state index contributed by atoms with van der Waals surface area (Å²) in [6.07, 6.45) is 0. The van der Waals surface area contributed by atoms with Gasteiger partial charge >= 0.3 is 6.61 Å². The third kappa shape index (κ3) is 4.34. The van der Waals surface area contributed by atoms with E-state index in [9.17, 15) is 8.78 Å². The van der Waals surface area contributed by atoms with Gasteiger partial charge in [-0.3, -0.25) is 0 Å². The Labute approximate surface area is 122 Å². The quantitative estimate of drug-likeness (QED) is 0.865. The molecular weight excluding hydrogens is 276 g/mol. The van der Waals surface area contributed by atoms with Crippen LogP contribution in [0.4, 0.5) is 14.5 Å². The van der Waals surface area contributed by atoms with Crippen LogP contribution in [0, 0.1) is 6.92 Å². The van der Waals surface area contributed by atoms with E-state index in [1.54, 1.807) is 12.1 Å². The molecule has 0 saturated carbocycles. The highest BCUT2D eigenvalue weighted by Crippen LogP contribution is 2.31. The number of anilines is 1. The Bertz CT molecular complexity index is 585. The van der Waals surface area contributed by atoms with Crippen LogP contribution in [0.1, 0.15) is 11.1 Å². The molecule has 0 spiro atoms. The summed E-state index contributed by atoms with van der Waals surface area (Å²) < 4.78 is 34.2. The van der Waals surface area contributed by atoms with Gasteiger partial charge < -0.3 is 14.8 Å². The summed E-state index contributed by atoms with van der Waals surface area (Å²) >= 11 is 0. The van der Waals surface area contributed by atoms with Gasteiger partial charge in [0.25, 0.3) is 0 Å². The summed E-state index contributed by atoms with van der Waals surface area (Å²) in [7, 11) is 1.41. The Morgan fingerprint density at radius 1 is 1.05 bits per heavy atom. The topological polar surface area (TPSA) is 30.5 Å². The third-order valence-electron chi connectivity index (χ3n) is 3.00. The molecule has 3 nitrogen and oxygen atoms in total. The molecule has 112 valence electrons. The van der Waals surface area contributed by atoms with Gasteiger partial charge in [0, 0.05) is 18.3 Å². The number of nitrogens with one attached hydrogen (secondary N) is 1. The lowest BCUT2D eigenvalue weighted by Gasteiger charge is -2.13. The predicted octanol–water partition coefficient (Wildman–Crippen LogP) is 4.22. The fourth-order valence-corrected chi connectivity index (χ4v) is 1.88. The Morgan fingerprint density at radius 3 is 2.38 bits per heavy atom. The second-order valence-electron chi connectivity index (χ2n) is 4.58. The Hall–Kier alpha value is -2.30. The highest BCUT2D eigenvalue weighted by Gasteiger charge is 2.11. The molecule has 0 amide bonds. The van der Waals surface area contributed by atoms with E-state index in [1.807, 2.05) is 31.2 Å². The Morgan fingerprint density at radius 2 is 1.76 bits per heavy atom. The number of alkyl halides is 2. The SMILES string of the molecule is COc1ccc(NCc2ccc(C)cc2)cc1OC(F)F. The van der Waals surface area contributed by atoms with Crippen molar-refractivity contribution in [3.05, 3.63) is 53.6 Å². The molecule has 2 aromatic rings. The minimum absolute atomic E-state index is 0.0152. The van der Waals surface area contributed by atoms with Crippen molar-refractivity contribution in [2.24, 2.45) is 0 Å². The van der Waals surface area contributed by atoms with E-state index in [0.29, 0.717) is 12.2 Å². The molecule has 0 radical (unpaired) electrons. The lowest BCUT2D eigenvalue weighted by molar-refractivity contribution is -0.0511. The van der Waals surface area contributed by atoms with Crippen LogP contribution in [0.3, 0.4) is 0 Å². The highest BCUT2D eigenvalue weighted by atomic mass is 19.3. The van der Waals surface area contributed by atoms with E-state index in [2.05, 4.69) is 10.1 Å². The van der Waals surface area contributed by atoms with Crippen LogP contribution in [-0.4, -0.2) is 13.7 Å². The number of hydrogen-bond donors (Lipinski definition) is 1. The molecule has 21 heavy (non-hydrogen) atoms. The maximum absolute atomic E-state index is 12.4. The van der Waals surface area contributed by atoms with Gasteiger partial charge in [-0.2, -0.15) is 8.78 Å². The van der Waals surface area contributed by atoms with Crippen LogP contribution < -0.4 is 14.8 Å². The molecule has 0 aliphatic heterocycles. The zero-order valence-corrected chi connectivity index (χ0v) is 11.9. The fourth-order valence-electron chi connectivity index (χ4n) is 1.88. The number of aryl methyl sites for hydroxylation is 1. The zero-order valence-electron chi connectivity index (χ0n) is 11.9. The average Bonchev–Trinajstić information content (AvgIpc) is 2.46. The van der Waals surface area contributed by atoms with Crippen molar-refractivity contribution >= 4 is 5.69 Å². The monoisotopic (exact) mass is 293 g/mol. The van der Waals surface area contributed by atoms with Gasteiger partial charge in [0.15, 0.2) is 11.5 Å². The van der Waals surface area contributed by atoms with Crippen LogP contribution in [0.15, 0.2) is 42.5 Å². The van der Waals surface area contributed by atoms with Crippen molar-refractivity contribution < 1.29 is 18.3 Å². The van der Waals surface area contributed by atoms with Gasteiger partial charge in [-0.1, -0.05) is 29.8 Å². The summed E-state index contributed by atoms with van der Waals surface area (Å²) in [5.41, 5.74) is 2.98. The van der Waals surface area contributed by atoms with E-state index in [0.717, 1.165) is 5.56 Å². The summed E-state index contributed by atoms with van der Waals surface area (Å²) in [5.74, 6) is 0.289. The smallest absolute Gasteiger partial charge is 0.387 e. The molecule has 0 aromatic heterocycles. The Kier molecular flexibility index (Phi) is 4.98. The van der Waals surface area contributed by atoms with E-state index in [4.69, 9.17) is 4.74 Å². The molecule has 2 aromatic carbocycles. The van der Waals surface area contributed by atoms with E-state index < -0.39 is 6.61 Å². The first-order chi connectivity index (χ1) is 10.1. The molecule has 0 bridgehead atoms. The van der Waals surface area contributed by atoms with E-state index >= 15 is 0 Å². The van der Waals surface area contributed by atoms with Crippen molar-refractivity contribution in [3.8, 4) is 11.5 Å². The van der Waals surface area contributed by atoms with Crippen molar-refractivity contribution in [2.45, 2.75) is 20.1 Å². The molecule has 2 rings (SSSR count). The van der Waals surface area contributed by atoms with Crippen LogP contribution in [0.5, 0.6) is 11.5 Å². The molecular formula is C16H17F2NO2. The number of benzene rings is 2. The van der Waals surface area contributed by atoms with E-state index in [-0.39, 0.29) is 11.5 Å². The van der Waals surface area contributed by atoms with Gasteiger partial charge in [-0.15, -0.1) is 0 Å². The largest absolute Gasteiger partial charge is 0.493 e.